The summed E-state index contributed by atoms with van der Waals surface area (Å²) in [7, 11) is 1.60. The van der Waals surface area contributed by atoms with Gasteiger partial charge in [0.15, 0.2) is 5.78 Å². The Morgan fingerprint density at radius 2 is 1.62 bits per heavy atom. The zero-order valence-electron chi connectivity index (χ0n) is 11.3. The highest BCUT2D eigenvalue weighted by Gasteiger charge is 2.30. The SMILES string of the molecule is CC(=O)[C@H](C(C)C)N(C)C(=O)OC(C)(C)C. The molecule has 0 radical (unpaired) electrons. The first-order valence-corrected chi connectivity index (χ1v) is 5.52. The Balaban J connectivity index is 4.69. The van der Waals surface area contributed by atoms with Gasteiger partial charge in [-0.05, 0) is 33.6 Å². The third-order valence-electron chi connectivity index (χ3n) is 2.15. The molecule has 0 fully saturated rings. The number of hydrogen-bond acceptors (Lipinski definition) is 3. The Hall–Kier alpha value is -1.06. The minimum Gasteiger partial charge on any atom is -0.444 e. The lowest BCUT2D eigenvalue weighted by atomic mass is 10.00. The first kappa shape index (κ1) is 14.9. The van der Waals surface area contributed by atoms with Crippen molar-refractivity contribution in [1.29, 1.82) is 0 Å². The van der Waals surface area contributed by atoms with Crippen LogP contribution in [-0.4, -0.2) is 35.5 Å². The standard InChI is InChI=1S/C12H23NO3/c1-8(2)10(9(3)14)13(7)11(15)16-12(4,5)6/h8,10H,1-7H3/t10-/m0/s1. The van der Waals surface area contributed by atoms with Crippen LogP contribution in [0.25, 0.3) is 0 Å². The van der Waals surface area contributed by atoms with Crippen LogP contribution in [0.5, 0.6) is 0 Å². The fraction of sp³-hybridized carbons (Fsp3) is 0.833. The summed E-state index contributed by atoms with van der Waals surface area (Å²) in [4.78, 5) is 24.6. The first-order valence-electron chi connectivity index (χ1n) is 5.52. The minimum atomic E-state index is -0.538. The molecule has 0 N–H and O–H groups in total. The largest absolute Gasteiger partial charge is 0.444 e. The fourth-order valence-corrected chi connectivity index (χ4v) is 1.64. The number of carbonyl (C=O) groups is 2. The van der Waals surface area contributed by atoms with E-state index < -0.39 is 17.7 Å². The summed E-state index contributed by atoms with van der Waals surface area (Å²) in [6.07, 6.45) is -0.457. The predicted octanol–water partition coefficient (Wildman–Crippen LogP) is 2.47. The molecule has 94 valence electrons. The molecule has 0 saturated heterocycles. The molecule has 0 aliphatic carbocycles. The Morgan fingerprint density at radius 1 is 1.19 bits per heavy atom. The van der Waals surface area contributed by atoms with Crippen LogP contribution in [0, 0.1) is 5.92 Å². The van der Waals surface area contributed by atoms with Crippen LogP contribution < -0.4 is 0 Å². The highest BCUT2D eigenvalue weighted by Crippen LogP contribution is 2.15. The number of ether oxygens (including phenoxy) is 1. The second-order valence-corrected chi connectivity index (χ2v) is 5.39. The van der Waals surface area contributed by atoms with Crippen molar-refractivity contribution in [3.8, 4) is 0 Å². The van der Waals surface area contributed by atoms with Crippen LogP contribution in [0.4, 0.5) is 4.79 Å². The first-order chi connectivity index (χ1) is 7.06. The van der Waals surface area contributed by atoms with Crippen molar-refractivity contribution in [2.75, 3.05) is 7.05 Å². The second-order valence-electron chi connectivity index (χ2n) is 5.39. The van der Waals surface area contributed by atoms with Crippen LogP contribution in [0.3, 0.4) is 0 Å². The van der Waals surface area contributed by atoms with Crippen LogP contribution in [0.15, 0.2) is 0 Å². The molecule has 0 aromatic carbocycles. The molecule has 0 unspecified atom stereocenters. The highest BCUT2D eigenvalue weighted by molar-refractivity contribution is 5.85. The zero-order valence-corrected chi connectivity index (χ0v) is 11.3. The van der Waals surface area contributed by atoms with E-state index >= 15 is 0 Å². The molecule has 16 heavy (non-hydrogen) atoms. The number of hydrogen-bond donors (Lipinski definition) is 0. The van der Waals surface area contributed by atoms with Gasteiger partial charge in [-0.15, -0.1) is 0 Å². The van der Waals surface area contributed by atoms with E-state index in [0.29, 0.717) is 0 Å². The smallest absolute Gasteiger partial charge is 0.410 e. The van der Waals surface area contributed by atoms with Gasteiger partial charge in [-0.25, -0.2) is 4.79 Å². The molecule has 1 amide bonds. The molecule has 0 saturated carbocycles. The lowest BCUT2D eigenvalue weighted by molar-refractivity contribution is -0.123. The quantitative estimate of drug-likeness (QED) is 0.747. The maximum Gasteiger partial charge on any atom is 0.410 e. The Bertz CT molecular complexity index is 266. The summed E-state index contributed by atoms with van der Waals surface area (Å²) in [5.41, 5.74) is -0.538. The van der Waals surface area contributed by atoms with E-state index in [1.54, 1.807) is 27.8 Å². The van der Waals surface area contributed by atoms with Gasteiger partial charge in [0.1, 0.15) is 5.60 Å². The monoisotopic (exact) mass is 229 g/mol. The number of rotatable bonds is 3. The Kier molecular flexibility index (Phi) is 4.97. The lowest BCUT2D eigenvalue weighted by Crippen LogP contribution is -2.46. The molecule has 0 rings (SSSR count). The molecule has 4 nitrogen and oxygen atoms in total. The van der Waals surface area contributed by atoms with Crippen molar-refractivity contribution in [2.45, 2.75) is 53.2 Å². The number of amides is 1. The second kappa shape index (κ2) is 5.32. The highest BCUT2D eigenvalue weighted by atomic mass is 16.6. The summed E-state index contributed by atoms with van der Waals surface area (Å²) >= 11 is 0. The molecule has 1 atom stereocenters. The number of ketones is 1. The number of carbonyl (C=O) groups excluding carboxylic acids is 2. The predicted molar refractivity (Wildman–Crippen MR) is 63.3 cm³/mol. The molecule has 4 heteroatoms. The molecule has 0 heterocycles. The molecular weight excluding hydrogens is 206 g/mol. The van der Waals surface area contributed by atoms with Crippen LogP contribution in [0.1, 0.15) is 41.5 Å². The summed E-state index contributed by atoms with van der Waals surface area (Å²) in [5.74, 6) is 0.0541. The van der Waals surface area contributed by atoms with Gasteiger partial charge in [-0.2, -0.15) is 0 Å². The van der Waals surface area contributed by atoms with Gasteiger partial charge in [0.2, 0.25) is 0 Å². The van der Waals surface area contributed by atoms with E-state index in [-0.39, 0.29) is 11.7 Å². The third-order valence-corrected chi connectivity index (χ3v) is 2.15. The van der Waals surface area contributed by atoms with Crippen molar-refractivity contribution in [3.05, 3.63) is 0 Å². The van der Waals surface area contributed by atoms with Gasteiger partial charge in [0, 0.05) is 7.05 Å². The normalized spacial score (nSPS) is 13.5. The summed E-state index contributed by atoms with van der Waals surface area (Å²) < 4.78 is 5.22. The molecule has 0 aromatic heterocycles. The van der Waals surface area contributed by atoms with Crippen molar-refractivity contribution < 1.29 is 14.3 Å². The minimum absolute atomic E-state index is 0.0247. The summed E-state index contributed by atoms with van der Waals surface area (Å²) in [5, 5.41) is 0. The zero-order chi connectivity index (χ0) is 13.1. The van der Waals surface area contributed by atoms with Crippen LogP contribution >= 0.6 is 0 Å². The van der Waals surface area contributed by atoms with Crippen LogP contribution in [-0.2, 0) is 9.53 Å². The maximum absolute atomic E-state index is 11.8. The number of Topliss-reactive ketones (excluding diaryl/α,β-unsaturated/α-hetero) is 1. The molecule has 0 aliphatic rings. The van der Waals surface area contributed by atoms with Gasteiger partial charge in [-0.3, -0.25) is 4.79 Å². The van der Waals surface area contributed by atoms with Crippen LogP contribution in [0.2, 0.25) is 0 Å². The fourth-order valence-electron chi connectivity index (χ4n) is 1.64. The van der Waals surface area contributed by atoms with Crippen molar-refractivity contribution in [3.63, 3.8) is 0 Å². The van der Waals surface area contributed by atoms with Gasteiger partial charge < -0.3 is 9.64 Å². The van der Waals surface area contributed by atoms with Gasteiger partial charge in [0.25, 0.3) is 0 Å². The van der Waals surface area contributed by atoms with Crippen molar-refractivity contribution >= 4 is 11.9 Å². The van der Waals surface area contributed by atoms with Gasteiger partial charge in [-0.1, -0.05) is 13.8 Å². The molecule has 0 bridgehead atoms. The molecule has 0 spiro atoms. The van der Waals surface area contributed by atoms with Gasteiger partial charge >= 0.3 is 6.09 Å². The Labute approximate surface area is 98.0 Å². The average Bonchev–Trinajstić information content (AvgIpc) is 1.98. The molecular formula is C12H23NO3. The van der Waals surface area contributed by atoms with E-state index in [9.17, 15) is 9.59 Å². The number of nitrogens with zero attached hydrogens (tertiary/aromatic N) is 1. The van der Waals surface area contributed by atoms with E-state index in [0.717, 1.165) is 0 Å². The topological polar surface area (TPSA) is 46.6 Å². The van der Waals surface area contributed by atoms with Crippen molar-refractivity contribution in [2.24, 2.45) is 5.92 Å². The summed E-state index contributed by atoms with van der Waals surface area (Å²) in [6, 6.07) is -0.421. The van der Waals surface area contributed by atoms with E-state index in [2.05, 4.69) is 0 Å². The number of likely N-dealkylation sites (N-methyl/N-ethyl adjacent to an activating group) is 1. The van der Waals surface area contributed by atoms with E-state index in [4.69, 9.17) is 4.74 Å². The summed E-state index contributed by atoms with van der Waals surface area (Å²) in [6.45, 7) is 10.7. The van der Waals surface area contributed by atoms with Crippen molar-refractivity contribution in [1.82, 2.24) is 4.90 Å². The van der Waals surface area contributed by atoms with E-state index in [1.807, 2.05) is 13.8 Å². The maximum atomic E-state index is 11.8. The molecule has 0 aliphatic heterocycles. The molecule has 0 aromatic rings. The van der Waals surface area contributed by atoms with Gasteiger partial charge in [0.05, 0.1) is 6.04 Å². The van der Waals surface area contributed by atoms with E-state index in [1.165, 1.54) is 11.8 Å². The third kappa shape index (κ3) is 4.64. The average molecular weight is 229 g/mol. The Morgan fingerprint density at radius 3 is 1.88 bits per heavy atom. The lowest BCUT2D eigenvalue weighted by Gasteiger charge is -2.31.